The van der Waals surface area contributed by atoms with Crippen LogP contribution in [0.5, 0.6) is 0 Å². The molecule has 2 aromatic rings. The smallest absolute Gasteiger partial charge is 0.306 e. The van der Waals surface area contributed by atoms with Crippen LogP contribution < -0.4 is 0 Å². The van der Waals surface area contributed by atoms with Crippen molar-refractivity contribution < 1.29 is 9.53 Å². The number of hydrogen-bond acceptors (Lipinski definition) is 4. The van der Waals surface area contributed by atoms with E-state index in [1.807, 2.05) is 45.0 Å². The zero-order valence-corrected chi connectivity index (χ0v) is 12.0. The predicted octanol–water partition coefficient (Wildman–Crippen LogP) is 2.54. The number of hydrogen-bond donors (Lipinski definition) is 0. The third kappa shape index (κ3) is 4.19. The monoisotopic (exact) mass is 273 g/mol. The van der Waals surface area contributed by atoms with Gasteiger partial charge in [-0.1, -0.05) is 12.1 Å². The van der Waals surface area contributed by atoms with Crippen LogP contribution in [0.4, 0.5) is 0 Å². The van der Waals surface area contributed by atoms with Crippen molar-refractivity contribution in [3.05, 3.63) is 42.5 Å². The first-order valence-electron chi connectivity index (χ1n) is 6.60. The fourth-order valence-electron chi connectivity index (χ4n) is 1.83. The minimum absolute atomic E-state index is 0.177. The zero-order chi connectivity index (χ0) is 14.6. The molecule has 0 saturated heterocycles. The lowest BCUT2D eigenvalue weighted by Crippen LogP contribution is -2.24. The van der Waals surface area contributed by atoms with Gasteiger partial charge in [-0.25, -0.2) is 9.67 Å². The molecule has 5 nitrogen and oxygen atoms in total. The Morgan fingerprint density at radius 1 is 1.35 bits per heavy atom. The maximum absolute atomic E-state index is 11.7. The Morgan fingerprint density at radius 2 is 2.15 bits per heavy atom. The van der Waals surface area contributed by atoms with Crippen LogP contribution >= 0.6 is 0 Å². The zero-order valence-electron chi connectivity index (χ0n) is 12.0. The first kappa shape index (κ1) is 14.2. The number of benzene rings is 1. The van der Waals surface area contributed by atoms with Gasteiger partial charge in [0.1, 0.15) is 18.3 Å². The standard InChI is InChI=1S/C15H19N3O2/c1-15(2,3)20-14(19)8-7-12-5-4-6-13(9-12)18-11-16-10-17-18/h4-6,9-11H,7-8H2,1-3H3. The maximum atomic E-state index is 11.7. The van der Waals surface area contributed by atoms with E-state index in [0.717, 1.165) is 11.3 Å². The van der Waals surface area contributed by atoms with Crippen molar-refractivity contribution in [3.8, 4) is 5.69 Å². The van der Waals surface area contributed by atoms with Gasteiger partial charge in [-0.3, -0.25) is 4.79 Å². The minimum atomic E-state index is -0.431. The third-order valence-electron chi connectivity index (χ3n) is 2.63. The molecule has 0 aliphatic heterocycles. The topological polar surface area (TPSA) is 57.0 Å². The molecule has 5 heteroatoms. The highest BCUT2D eigenvalue weighted by atomic mass is 16.6. The van der Waals surface area contributed by atoms with Crippen LogP contribution in [0.15, 0.2) is 36.9 Å². The lowest BCUT2D eigenvalue weighted by atomic mass is 10.1. The van der Waals surface area contributed by atoms with Crippen molar-refractivity contribution >= 4 is 5.97 Å². The second-order valence-electron chi connectivity index (χ2n) is 5.60. The van der Waals surface area contributed by atoms with Crippen molar-refractivity contribution in [3.63, 3.8) is 0 Å². The highest BCUT2D eigenvalue weighted by molar-refractivity contribution is 5.70. The Balaban J connectivity index is 1.97. The lowest BCUT2D eigenvalue weighted by Gasteiger charge is -2.19. The third-order valence-corrected chi connectivity index (χ3v) is 2.63. The first-order chi connectivity index (χ1) is 9.44. The Hall–Kier alpha value is -2.17. The molecule has 106 valence electrons. The van der Waals surface area contributed by atoms with Gasteiger partial charge in [-0.2, -0.15) is 5.10 Å². The fourth-order valence-corrected chi connectivity index (χ4v) is 1.83. The van der Waals surface area contributed by atoms with Gasteiger partial charge in [0.15, 0.2) is 0 Å². The summed E-state index contributed by atoms with van der Waals surface area (Å²) in [6, 6.07) is 7.89. The van der Waals surface area contributed by atoms with Crippen LogP contribution in [0, 0.1) is 0 Å². The Bertz CT molecular complexity index is 571. The summed E-state index contributed by atoms with van der Waals surface area (Å²) in [5, 5.41) is 4.09. The van der Waals surface area contributed by atoms with Crippen LogP contribution in [-0.2, 0) is 16.0 Å². The molecule has 0 spiro atoms. The molecular formula is C15H19N3O2. The molecule has 0 bridgehead atoms. The fraction of sp³-hybridized carbons (Fsp3) is 0.400. The molecule has 0 atom stereocenters. The van der Waals surface area contributed by atoms with Crippen LogP contribution in [0.2, 0.25) is 0 Å². The number of nitrogens with zero attached hydrogens (tertiary/aromatic N) is 3. The average molecular weight is 273 g/mol. The number of ether oxygens (including phenoxy) is 1. The largest absolute Gasteiger partial charge is 0.460 e. The molecule has 0 aliphatic rings. The number of carbonyl (C=O) groups excluding carboxylic acids is 1. The van der Waals surface area contributed by atoms with Crippen LogP contribution in [0.25, 0.3) is 5.69 Å². The van der Waals surface area contributed by atoms with Crippen LogP contribution in [0.1, 0.15) is 32.8 Å². The Kier molecular flexibility index (Phi) is 4.17. The van der Waals surface area contributed by atoms with Crippen molar-refractivity contribution in [1.82, 2.24) is 14.8 Å². The molecule has 1 heterocycles. The highest BCUT2D eigenvalue weighted by Gasteiger charge is 2.15. The molecule has 1 aromatic carbocycles. The molecular weight excluding hydrogens is 254 g/mol. The normalized spacial score (nSPS) is 11.3. The summed E-state index contributed by atoms with van der Waals surface area (Å²) < 4.78 is 6.99. The van der Waals surface area contributed by atoms with Gasteiger partial charge in [-0.15, -0.1) is 0 Å². The summed E-state index contributed by atoms with van der Waals surface area (Å²) in [6.07, 6.45) is 4.16. The number of aryl methyl sites for hydroxylation is 1. The Labute approximate surface area is 118 Å². The molecule has 20 heavy (non-hydrogen) atoms. The average Bonchev–Trinajstić information content (AvgIpc) is 2.88. The van der Waals surface area contributed by atoms with Crippen LogP contribution in [0.3, 0.4) is 0 Å². The molecule has 0 fully saturated rings. The molecule has 0 unspecified atom stereocenters. The number of carbonyl (C=O) groups is 1. The second kappa shape index (κ2) is 5.86. The summed E-state index contributed by atoms with van der Waals surface area (Å²) >= 11 is 0. The summed E-state index contributed by atoms with van der Waals surface area (Å²) in [7, 11) is 0. The van der Waals surface area contributed by atoms with Gasteiger partial charge < -0.3 is 4.74 Å². The van der Waals surface area contributed by atoms with E-state index in [-0.39, 0.29) is 5.97 Å². The van der Waals surface area contributed by atoms with Gasteiger partial charge in [0.25, 0.3) is 0 Å². The first-order valence-corrected chi connectivity index (χ1v) is 6.60. The quantitative estimate of drug-likeness (QED) is 0.803. The summed E-state index contributed by atoms with van der Waals surface area (Å²) in [5.74, 6) is -0.177. The van der Waals surface area contributed by atoms with E-state index in [4.69, 9.17) is 4.74 Å². The van der Waals surface area contributed by atoms with E-state index >= 15 is 0 Å². The van der Waals surface area contributed by atoms with Gasteiger partial charge in [0, 0.05) is 6.42 Å². The molecule has 0 aliphatic carbocycles. The van der Waals surface area contributed by atoms with E-state index in [0.29, 0.717) is 12.8 Å². The summed E-state index contributed by atoms with van der Waals surface area (Å²) in [4.78, 5) is 15.6. The predicted molar refractivity (Wildman–Crippen MR) is 75.5 cm³/mol. The van der Waals surface area contributed by atoms with E-state index in [2.05, 4.69) is 10.1 Å². The molecule has 1 aromatic heterocycles. The maximum Gasteiger partial charge on any atom is 0.306 e. The van der Waals surface area contributed by atoms with E-state index in [9.17, 15) is 4.79 Å². The van der Waals surface area contributed by atoms with Gasteiger partial charge in [-0.05, 0) is 44.9 Å². The van der Waals surface area contributed by atoms with Crippen molar-refractivity contribution in [1.29, 1.82) is 0 Å². The number of rotatable bonds is 4. The SMILES string of the molecule is CC(C)(C)OC(=O)CCc1cccc(-n2cncn2)c1. The minimum Gasteiger partial charge on any atom is -0.460 e. The molecule has 0 N–H and O–H groups in total. The van der Waals surface area contributed by atoms with Crippen molar-refractivity contribution in [2.45, 2.75) is 39.2 Å². The van der Waals surface area contributed by atoms with E-state index in [1.165, 1.54) is 6.33 Å². The second-order valence-corrected chi connectivity index (χ2v) is 5.60. The number of aromatic nitrogens is 3. The van der Waals surface area contributed by atoms with E-state index in [1.54, 1.807) is 11.0 Å². The van der Waals surface area contributed by atoms with Crippen LogP contribution in [-0.4, -0.2) is 26.3 Å². The summed E-state index contributed by atoms with van der Waals surface area (Å²) in [6.45, 7) is 5.61. The van der Waals surface area contributed by atoms with Crippen molar-refractivity contribution in [2.75, 3.05) is 0 Å². The molecule has 0 radical (unpaired) electrons. The molecule has 2 rings (SSSR count). The van der Waals surface area contributed by atoms with Gasteiger partial charge in [0.2, 0.25) is 0 Å². The van der Waals surface area contributed by atoms with Crippen molar-refractivity contribution in [2.24, 2.45) is 0 Å². The van der Waals surface area contributed by atoms with Gasteiger partial charge in [0.05, 0.1) is 5.69 Å². The highest BCUT2D eigenvalue weighted by Crippen LogP contribution is 2.13. The summed E-state index contributed by atoms with van der Waals surface area (Å²) in [5.41, 5.74) is 1.58. The Morgan fingerprint density at radius 3 is 2.80 bits per heavy atom. The molecule has 0 amide bonds. The van der Waals surface area contributed by atoms with Gasteiger partial charge >= 0.3 is 5.97 Å². The lowest BCUT2D eigenvalue weighted by molar-refractivity contribution is -0.154. The molecule has 0 saturated carbocycles. The van der Waals surface area contributed by atoms with E-state index < -0.39 is 5.60 Å². The number of esters is 1.